The van der Waals surface area contributed by atoms with Gasteiger partial charge in [-0.15, -0.1) is 0 Å². The first-order valence-electron chi connectivity index (χ1n) is 9.08. The van der Waals surface area contributed by atoms with E-state index in [0.717, 1.165) is 23.5 Å². The van der Waals surface area contributed by atoms with Crippen LogP contribution in [0.15, 0.2) is 12.1 Å². The fourth-order valence-electron chi connectivity index (χ4n) is 2.79. The number of carbonyl (C=O) groups is 2. The summed E-state index contributed by atoms with van der Waals surface area (Å²) in [6.07, 6.45) is 7.46. The van der Waals surface area contributed by atoms with Crippen LogP contribution in [0.3, 0.4) is 0 Å². The van der Waals surface area contributed by atoms with Crippen molar-refractivity contribution < 1.29 is 34.0 Å². The van der Waals surface area contributed by atoms with Crippen LogP contribution in [0.2, 0.25) is 0 Å². The summed E-state index contributed by atoms with van der Waals surface area (Å²) in [5.41, 5.74) is 2.10. The predicted octanol–water partition coefficient (Wildman–Crippen LogP) is 3.24. The topological polar surface area (TPSA) is 127 Å². The average molecular weight is 436 g/mol. The zero-order chi connectivity index (χ0) is 22.1. The quantitative estimate of drug-likeness (QED) is 0.605. The molecule has 0 amide bonds. The highest BCUT2D eigenvalue weighted by Crippen LogP contribution is 2.40. The Morgan fingerprint density at radius 3 is 2.33 bits per heavy atom. The van der Waals surface area contributed by atoms with Crippen molar-refractivity contribution in [1.82, 2.24) is 4.98 Å². The SMILES string of the molecule is COc1ccc(C=Cc2nc3c(s2)NCCCC3)c(OC)c1OC.O=C(O)C(=O)O. The van der Waals surface area contributed by atoms with E-state index in [-0.39, 0.29) is 0 Å². The van der Waals surface area contributed by atoms with Crippen LogP contribution in [-0.2, 0) is 16.0 Å². The van der Waals surface area contributed by atoms with Crippen molar-refractivity contribution in [1.29, 1.82) is 0 Å². The summed E-state index contributed by atoms with van der Waals surface area (Å²) in [6.45, 7) is 1.03. The zero-order valence-electron chi connectivity index (χ0n) is 16.9. The number of carboxylic acid groups (broad SMARTS) is 2. The lowest BCUT2D eigenvalue weighted by Crippen LogP contribution is -2.09. The predicted molar refractivity (Wildman–Crippen MR) is 114 cm³/mol. The van der Waals surface area contributed by atoms with Gasteiger partial charge in [-0.2, -0.15) is 0 Å². The maximum atomic E-state index is 9.10. The molecule has 0 bridgehead atoms. The molecule has 9 nitrogen and oxygen atoms in total. The summed E-state index contributed by atoms with van der Waals surface area (Å²) in [5.74, 6) is -1.75. The first kappa shape index (κ1) is 23.0. The Labute approximate surface area is 177 Å². The number of benzene rings is 1. The van der Waals surface area contributed by atoms with Gasteiger partial charge in [0, 0.05) is 12.1 Å². The van der Waals surface area contributed by atoms with Gasteiger partial charge in [0.25, 0.3) is 0 Å². The number of fused-ring (bicyclic) bond motifs is 1. The minimum absolute atomic E-state index is 0.596. The number of anilines is 1. The Kier molecular flexibility index (Phi) is 8.48. The van der Waals surface area contributed by atoms with Crippen LogP contribution in [-0.4, -0.2) is 55.0 Å². The third-order valence-corrected chi connectivity index (χ3v) is 5.18. The van der Waals surface area contributed by atoms with Crippen molar-refractivity contribution in [2.45, 2.75) is 19.3 Å². The van der Waals surface area contributed by atoms with E-state index in [0.29, 0.717) is 17.2 Å². The van der Waals surface area contributed by atoms with Gasteiger partial charge in [-0.1, -0.05) is 11.3 Å². The van der Waals surface area contributed by atoms with Gasteiger partial charge in [0.05, 0.1) is 27.0 Å². The molecule has 0 saturated carbocycles. The van der Waals surface area contributed by atoms with Crippen LogP contribution in [0.25, 0.3) is 12.2 Å². The molecule has 0 aliphatic carbocycles. The Balaban J connectivity index is 0.000000469. The highest BCUT2D eigenvalue weighted by Gasteiger charge is 2.15. The lowest BCUT2D eigenvalue weighted by atomic mass is 10.1. The van der Waals surface area contributed by atoms with Crippen molar-refractivity contribution in [3.8, 4) is 17.2 Å². The van der Waals surface area contributed by atoms with E-state index in [1.54, 1.807) is 32.7 Å². The number of nitrogens with zero attached hydrogens (tertiary/aromatic N) is 1. The molecule has 1 aromatic heterocycles. The molecule has 0 atom stereocenters. The molecule has 1 aliphatic rings. The molecule has 0 unspecified atom stereocenters. The van der Waals surface area contributed by atoms with E-state index < -0.39 is 11.9 Å². The third kappa shape index (κ3) is 5.86. The lowest BCUT2D eigenvalue weighted by Gasteiger charge is -2.13. The van der Waals surface area contributed by atoms with E-state index in [1.165, 1.54) is 23.5 Å². The standard InChI is InChI=1S/C18H22N2O3S.C2H2O4/c1-21-14-9-7-12(16(22-2)17(14)23-3)8-10-15-20-13-6-4-5-11-19-18(13)24-15;3-1(4)2(5)6/h7-10,19H,4-6,11H2,1-3H3;(H,3,4)(H,5,6). The maximum Gasteiger partial charge on any atom is 0.414 e. The molecule has 10 heteroatoms. The summed E-state index contributed by atoms with van der Waals surface area (Å²) in [5, 5.41) is 20.4. The van der Waals surface area contributed by atoms with Crippen molar-refractivity contribution in [2.75, 3.05) is 33.2 Å². The van der Waals surface area contributed by atoms with Crippen LogP contribution in [0.1, 0.15) is 29.1 Å². The number of carboxylic acids is 2. The number of aliphatic carboxylic acids is 2. The van der Waals surface area contributed by atoms with Crippen molar-refractivity contribution >= 4 is 40.4 Å². The fraction of sp³-hybridized carbons (Fsp3) is 0.350. The van der Waals surface area contributed by atoms with Crippen molar-refractivity contribution in [2.24, 2.45) is 0 Å². The summed E-state index contributed by atoms with van der Waals surface area (Å²) >= 11 is 1.69. The Bertz CT molecular complexity index is 889. The van der Waals surface area contributed by atoms with E-state index in [9.17, 15) is 0 Å². The molecule has 0 spiro atoms. The second-order valence-corrected chi connectivity index (χ2v) is 7.11. The number of rotatable bonds is 5. The smallest absolute Gasteiger partial charge is 0.414 e. The zero-order valence-corrected chi connectivity index (χ0v) is 17.7. The van der Waals surface area contributed by atoms with Gasteiger partial charge < -0.3 is 29.7 Å². The van der Waals surface area contributed by atoms with Gasteiger partial charge in [-0.05, 0) is 43.5 Å². The second kappa shape index (κ2) is 11.1. The summed E-state index contributed by atoms with van der Waals surface area (Å²) < 4.78 is 16.3. The average Bonchev–Trinajstić information content (AvgIpc) is 3.00. The number of methoxy groups -OCH3 is 3. The number of hydrogen-bond acceptors (Lipinski definition) is 8. The number of hydrogen-bond donors (Lipinski definition) is 3. The largest absolute Gasteiger partial charge is 0.493 e. The van der Waals surface area contributed by atoms with Crippen LogP contribution in [0.5, 0.6) is 17.2 Å². The van der Waals surface area contributed by atoms with Gasteiger partial charge in [-0.25, -0.2) is 14.6 Å². The molecule has 30 heavy (non-hydrogen) atoms. The molecule has 0 fully saturated rings. The van der Waals surface area contributed by atoms with Crippen LogP contribution in [0, 0.1) is 0 Å². The molecule has 3 N–H and O–H groups in total. The molecule has 1 aliphatic heterocycles. The van der Waals surface area contributed by atoms with Crippen molar-refractivity contribution in [3.05, 3.63) is 28.4 Å². The normalized spacial score (nSPS) is 12.6. The van der Waals surface area contributed by atoms with Gasteiger partial charge >= 0.3 is 11.9 Å². The Morgan fingerprint density at radius 1 is 1.03 bits per heavy atom. The first-order valence-corrected chi connectivity index (χ1v) is 9.89. The minimum Gasteiger partial charge on any atom is -0.493 e. The second-order valence-electron chi connectivity index (χ2n) is 6.08. The number of thiazole rings is 1. The minimum atomic E-state index is -1.82. The molecule has 0 radical (unpaired) electrons. The maximum absolute atomic E-state index is 9.10. The van der Waals surface area contributed by atoms with E-state index >= 15 is 0 Å². The van der Waals surface area contributed by atoms with E-state index in [4.69, 9.17) is 39.0 Å². The first-order chi connectivity index (χ1) is 14.4. The molecule has 0 saturated heterocycles. The number of aromatic nitrogens is 1. The molecule has 1 aromatic carbocycles. The number of aryl methyl sites for hydroxylation is 1. The van der Waals surface area contributed by atoms with Crippen LogP contribution >= 0.6 is 11.3 Å². The molecular formula is C20H24N2O7S. The number of ether oxygens (including phenoxy) is 3. The molecule has 2 heterocycles. The highest BCUT2D eigenvalue weighted by atomic mass is 32.1. The molecule has 162 valence electrons. The summed E-state index contributed by atoms with van der Waals surface area (Å²) in [6, 6.07) is 3.83. The Morgan fingerprint density at radius 2 is 1.73 bits per heavy atom. The van der Waals surface area contributed by atoms with Crippen molar-refractivity contribution in [3.63, 3.8) is 0 Å². The number of nitrogens with one attached hydrogen (secondary N) is 1. The summed E-state index contributed by atoms with van der Waals surface area (Å²) in [7, 11) is 4.85. The fourth-order valence-corrected chi connectivity index (χ4v) is 3.73. The van der Waals surface area contributed by atoms with Gasteiger partial charge in [-0.3, -0.25) is 0 Å². The van der Waals surface area contributed by atoms with Gasteiger partial charge in [0.2, 0.25) is 5.75 Å². The van der Waals surface area contributed by atoms with E-state index in [2.05, 4.69) is 5.32 Å². The van der Waals surface area contributed by atoms with Gasteiger partial charge in [0.1, 0.15) is 10.0 Å². The molecular weight excluding hydrogens is 412 g/mol. The molecule has 2 aromatic rings. The lowest BCUT2D eigenvalue weighted by molar-refractivity contribution is -0.159. The van der Waals surface area contributed by atoms with Gasteiger partial charge in [0.15, 0.2) is 11.5 Å². The third-order valence-electron chi connectivity index (χ3n) is 4.16. The van der Waals surface area contributed by atoms with Crippen LogP contribution < -0.4 is 19.5 Å². The monoisotopic (exact) mass is 436 g/mol. The van der Waals surface area contributed by atoms with Crippen LogP contribution in [0.4, 0.5) is 5.00 Å². The van der Waals surface area contributed by atoms with E-state index in [1.807, 2.05) is 24.3 Å². The highest BCUT2D eigenvalue weighted by molar-refractivity contribution is 7.16. The Hall–Kier alpha value is -3.27. The molecule has 3 rings (SSSR count). The summed E-state index contributed by atoms with van der Waals surface area (Å²) in [4.78, 5) is 22.9.